The van der Waals surface area contributed by atoms with Crippen molar-refractivity contribution in [2.24, 2.45) is 0 Å². The third-order valence-electron chi connectivity index (χ3n) is 4.33. The first kappa shape index (κ1) is 17.9. The number of rotatable bonds is 7. The maximum absolute atomic E-state index is 12.4. The molecule has 2 aromatic rings. The molecule has 0 aliphatic carbocycles. The van der Waals surface area contributed by atoms with Gasteiger partial charge in [0.15, 0.2) is 11.5 Å². The summed E-state index contributed by atoms with van der Waals surface area (Å²) in [4.78, 5) is 14.2. The molecule has 1 N–H and O–H groups in total. The third kappa shape index (κ3) is 4.39. The zero-order valence-electron chi connectivity index (χ0n) is 15.2. The second-order valence-corrected chi connectivity index (χ2v) is 6.03. The molecule has 1 aliphatic heterocycles. The SMILES string of the molecule is CCN(Cc1ccc2c(c1)OCO2)C(=O)NCCc1ccc(OC)cc1. The van der Waals surface area contributed by atoms with Crippen molar-refractivity contribution in [3.8, 4) is 17.2 Å². The number of amides is 2. The largest absolute Gasteiger partial charge is 0.497 e. The summed E-state index contributed by atoms with van der Waals surface area (Å²) in [6, 6.07) is 13.6. The minimum absolute atomic E-state index is 0.0707. The summed E-state index contributed by atoms with van der Waals surface area (Å²) in [5.41, 5.74) is 2.17. The van der Waals surface area contributed by atoms with Gasteiger partial charge in [-0.3, -0.25) is 0 Å². The lowest BCUT2D eigenvalue weighted by atomic mass is 10.1. The van der Waals surface area contributed by atoms with Crippen LogP contribution in [0.4, 0.5) is 4.79 Å². The van der Waals surface area contributed by atoms with Crippen LogP contribution in [0.25, 0.3) is 0 Å². The molecule has 26 heavy (non-hydrogen) atoms. The average molecular weight is 356 g/mol. The van der Waals surface area contributed by atoms with E-state index in [1.165, 1.54) is 0 Å². The molecule has 1 heterocycles. The number of carbonyl (C=O) groups excluding carboxylic acids is 1. The Bertz CT molecular complexity index is 746. The van der Waals surface area contributed by atoms with Crippen molar-refractivity contribution in [3.05, 3.63) is 53.6 Å². The molecule has 2 aromatic carbocycles. The normalized spacial score (nSPS) is 11.9. The highest BCUT2D eigenvalue weighted by atomic mass is 16.7. The fraction of sp³-hybridized carbons (Fsp3) is 0.350. The summed E-state index contributed by atoms with van der Waals surface area (Å²) in [6.07, 6.45) is 0.775. The molecule has 0 fully saturated rings. The lowest BCUT2D eigenvalue weighted by Crippen LogP contribution is -2.40. The van der Waals surface area contributed by atoms with Crippen molar-refractivity contribution in [3.63, 3.8) is 0 Å². The minimum atomic E-state index is -0.0707. The number of urea groups is 1. The molecule has 6 nitrogen and oxygen atoms in total. The number of fused-ring (bicyclic) bond motifs is 1. The van der Waals surface area contributed by atoms with Crippen LogP contribution < -0.4 is 19.5 Å². The van der Waals surface area contributed by atoms with E-state index in [-0.39, 0.29) is 12.8 Å². The molecule has 0 bridgehead atoms. The second-order valence-electron chi connectivity index (χ2n) is 6.03. The number of ether oxygens (including phenoxy) is 3. The van der Waals surface area contributed by atoms with Crippen LogP contribution >= 0.6 is 0 Å². The summed E-state index contributed by atoms with van der Waals surface area (Å²) in [5, 5.41) is 2.98. The Morgan fingerprint density at radius 2 is 1.85 bits per heavy atom. The van der Waals surface area contributed by atoms with Crippen LogP contribution in [0.2, 0.25) is 0 Å². The standard InChI is InChI=1S/C20H24N2O4/c1-3-22(13-16-6-9-18-19(12-16)26-14-25-18)20(23)21-11-10-15-4-7-17(24-2)8-5-15/h4-9,12H,3,10-11,13-14H2,1-2H3,(H,21,23). The van der Waals surface area contributed by atoms with Gasteiger partial charge in [0, 0.05) is 19.6 Å². The molecule has 6 heteroatoms. The molecule has 0 atom stereocenters. The van der Waals surface area contributed by atoms with E-state index in [1.807, 2.05) is 49.4 Å². The van der Waals surface area contributed by atoms with Crippen LogP contribution in [0.5, 0.6) is 17.2 Å². The number of carbonyl (C=O) groups is 1. The van der Waals surface area contributed by atoms with Crippen LogP contribution in [-0.2, 0) is 13.0 Å². The number of benzene rings is 2. The van der Waals surface area contributed by atoms with Gasteiger partial charge in [-0.2, -0.15) is 0 Å². The summed E-state index contributed by atoms with van der Waals surface area (Å²) in [7, 11) is 1.65. The van der Waals surface area contributed by atoms with Crippen molar-refractivity contribution in [2.75, 3.05) is 27.0 Å². The molecule has 2 amide bonds. The fourth-order valence-electron chi connectivity index (χ4n) is 2.80. The second kappa shape index (κ2) is 8.47. The van der Waals surface area contributed by atoms with E-state index in [9.17, 15) is 4.79 Å². The van der Waals surface area contributed by atoms with Crippen molar-refractivity contribution >= 4 is 6.03 Å². The van der Waals surface area contributed by atoms with Gasteiger partial charge in [0.05, 0.1) is 7.11 Å². The van der Waals surface area contributed by atoms with Crippen LogP contribution in [0.15, 0.2) is 42.5 Å². The minimum Gasteiger partial charge on any atom is -0.497 e. The monoisotopic (exact) mass is 356 g/mol. The highest BCUT2D eigenvalue weighted by molar-refractivity contribution is 5.74. The van der Waals surface area contributed by atoms with Crippen LogP contribution in [0, 0.1) is 0 Å². The Morgan fingerprint density at radius 3 is 2.58 bits per heavy atom. The highest BCUT2D eigenvalue weighted by Gasteiger charge is 2.16. The molecular weight excluding hydrogens is 332 g/mol. The van der Waals surface area contributed by atoms with E-state index in [1.54, 1.807) is 12.0 Å². The molecule has 0 saturated carbocycles. The number of nitrogens with zero attached hydrogens (tertiary/aromatic N) is 1. The summed E-state index contributed by atoms with van der Waals surface area (Å²) in [6.45, 7) is 3.96. The van der Waals surface area contributed by atoms with Crippen molar-refractivity contribution < 1.29 is 19.0 Å². The smallest absolute Gasteiger partial charge is 0.317 e. The quantitative estimate of drug-likeness (QED) is 0.828. The number of hydrogen-bond acceptors (Lipinski definition) is 4. The van der Waals surface area contributed by atoms with Crippen LogP contribution in [0.1, 0.15) is 18.1 Å². The maximum Gasteiger partial charge on any atom is 0.317 e. The third-order valence-corrected chi connectivity index (χ3v) is 4.33. The number of methoxy groups -OCH3 is 1. The molecule has 0 spiro atoms. The van der Waals surface area contributed by atoms with Gasteiger partial charge in [-0.05, 0) is 48.7 Å². The Hall–Kier alpha value is -2.89. The van der Waals surface area contributed by atoms with Crippen molar-refractivity contribution in [2.45, 2.75) is 19.9 Å². The summed E-state index contributed by atoms with van der Waals surface area (Å²) < 4.78 is 15.9. The van der Waals surface area contributed by atoms with E-state index in [4.69, 9.17) is 14.2 Å². The van der Waals surface area contributed by atoms with Crippen LogP contribution in [-0.4, -0.2) is 37.9 Å². The van der Waals surface area contributed by atoms with Crippen molar-refractivity contribution in [1.29, 1.82) is 0 Å². The Morgan fingerprint density at radius 1 is 1.12 bits per heavy atom. The Kier molecular flexibility index (Phi) is 5.84. The number of nitrogens with one attached hydrogen (secondary N) is 1. The predicted octanol–water partition coefficient (Wildman–Crippen LogP) is 3.20. The molecule has 3 rings (SSSR count). The van der Waals surface area contributed by atoms with E-state index in [2.05, 4.69) is 5.32 Å². The van der Waals surface area contributed by atoms with Gasteiger partial charge in [-0.25, -0.2) is 4.79 Å². The zero-order chi connectivity index (χ0) is 18.4. The summed E-state index contributed by atoms with van der Waals surface area (Å²) >= 11 is 0. The predicted molar refractivity (Wildman–Crippen MR) is 98.7 cm³/mol. The molecule has 1 aliphatic rings. The highest BCUT2D eigenvalue weighted by Crippen LogP contribution is 2.32. The topological polar surface area (TPSA) is 60.0 Å². The van der Waals surface area contributed by atoms with E-state index >= 15 is 0 Å². The van der Waals surface area contributed by atoms with Gasteiger partial charge in [0.25, 0.3) is 0 Å². The maximum atomic E-state index is 12.4. The van der Waals surface area contributed by atoms with Gasteiger partial charge in [-0.15, -0.1) is 0 Å². The van der Waals surface area contributed by atoms with Gasteiger partial charge in [-0.1, -0.05) is 18.2 Å². The Labute approximate surface area is 153 Å². The first-order chi connectivity index (χ1) is 12.7. The van der Waals surface area contributed by atoms with Crippen LogP contribution in [0.3, 0.4) is 0 Å². The van der Waals surface area contributed by atoms with E-state index < -0.39 is 0 Å². The zero-order valence-corrected chi connectivity index (χ0v) is 15.2. The lowest BCUT2D eigenvalue weighted by Gasteiger charge is -2.21. The first-order valence-electron chi connectivity index (χ1n) is 8.74. The number of hydrogen-bond donors (Lipinski definition) is 1. The molecular formula is C20H24N2O4. The van der Waals surface area contributed by atoms with Gasteiger partial charge < -0.3 is 24.4 Å². The van der Waals surface area contributed by atoms with Gasteiger partial charge >= 0.3 is 6.03 Å². The molecule has 0 aromatic heterocycles. The first-order valence-corrected chi connectivity index (χ1v) is 8.74. The van der Waals surface area contributed by atoms with E-state index in [0.29, 0.717) is 19.6 Å². The molecule has 0 saturated heterocycles. The summed E-state index contributed by atoms with van der Waals surface area (Å²) in [5.74, 6) is 2.32. The molecule has 138 valence electrons. The Balaban J connectivity index is 1.50. The van der Waals surface area contributed by atoms with Crippen molar-refractivity contribution in [1.82, 2.24) is 10.2 Å². The van der Waals surface area contributed by atoms with Gasteiger partial charge in [0.1, 0.15) is 5.75 Å². The van der Waals surface area contributed by atoms with Gasteiger partial charge in [0.2, 0.25) is 6.79 Å². The molecule has 0 unspecified atom stereocenters. The average Bonchev–Trinajstić information content (AvgIpc) is 3.14. The molecule has 0 radical (unpaired) electrons. The fourth-order valence-corrected chi connectivity index (χ4v) is 2.80. The van der Waals surface area contributed by atoms with E-state index in [0.717, 1.165) is 34.8 Å². The lowest BCUT2D eigenvalue weighted by molar-refractivity contribution is 0.173.